The molecule has 0 spiro atoms. The summed E-state index contributed by atoms with van der Waals surface area (Å²) in [7, 11) is 0. The first-order valence-electron chi connectivity index (χ1n) is 1.40. The van der Waals surface area contributed by atoms with Gasteiger partial charge in [-0.05, 0) is 0 Å². The molecule has 0 aromatic heterocycles. The van der Waals surface area contributed by atoms with Gasteiger partial charge in [0.05, 0.1) is 0 Å². The molecule has 5 nitrogen and oxygen atoms in total. The van der Waals surface area contributed by atoms with Gasteiger partial charge in [0.1, 0.15) is 0 Å². The molecule has 0 saturated carbocycles. The fraction of sp³-hybridized carbons (Fsp3) is 0.167. The predicted octanol–water partition coefficient (Wildman–Crippen LogP) is -1.40. The van der Waals surface area contributed by atoms with Crippen LogP contribution in [0.3, 0.4) is 0 Å². The standard InChI is InChI=1S/5CO.CH3.Mn/c5*1-2;;/h;;;;;1H3;. The van der Waals surface area contributed by atoms with Crippen LogP contribution in [0.1, 0.15) is 0 Å². The third-order valence-corrected chi connectivity index (χ3v) is 0. The second kappa shape index (κ2) is 607. The molecule has 10 radical (unpaired) electrons. The Balaban J connectivity index is -0.00000000900. The molecule has 0 amide bonds. The van der Waals surface area contributed by atoms with Crippen molar-refractivity contribution < 1.29 is 40.0 Å². The molecule has 0 aliphatic carbocycles. The molecule has 0 aromatic carbocycles. The summed E-state index contributed by atoms with van der Waals surface area (Å²) < 4.78 is 0. The van der Waals surface area contributed by atoms with Crippen molar-refractivity contribution in [1.29, 1.82) is 0 Å². The average Bonchev–Trinajstić information content (AvgIpc) is 2.33. The summed E-state index contributed by atoms with van der Waals surface area (Å²) in [5.74, 6) is 1.81. The van der Waals surface area contributed by atoms with Crippen molar-refractivity contribution in [3.8, 4) is 0 Å². The Bertz CT molecular complexity index is 27.5. The SMILES string of the molecule is [CH3][Mn].[C]=O.[C]=O.[C]=O.[C]=O.[C]=O. The largest absolute Gasteiger partial charge is 0.281 e. The monoisotopic (exact) mass is 210 g/mol. The molecular formula is C6H3MnO5. The van der Waals surface area contributed by atoms with Crippen molar-refractivity contribution in [2.75, 3.05) is 0 Å². The Kier molecular flexibility index (Phi) is 2260. The van der Waals surface area contributed by atoms with Gasteiger partial charge in [0.15, 0.2) is 0 Å². The van der Waals surface area contributed by atoms with E-state index in [1.807, 2.05) is 5.82 Å². The second-order valence-electron chi connectivity index (χ2n) is 0. The zero-order chi connectivity index (χ0) is 12.0. The van der Waals surface area contributed by atoms with Crippen LogP contribution in [0.2, 0.25) is 5.82 Å². The van der Waals surface area contributed by atoms with Crippen molar-refractivity contribution in [2.45, 2.75) is 5.82 Å². The Hall–Kier alpha value is -1.13. The molecule has 0 N–H and O–H groups in total. The summed E-state index contributed by atoms with van der Waals surface area (Å²) in [5, 5.41) is 0. The molecule has 0 unspecified atom stereocenters. The van der Waals surface area contributed by atoms with Crippen LogP contribution in [-0.4, -0.2) is 33.9 Å². The van der Waals surface area contributed by atoms with E-state index in [2.05, 4.69) is 50.0 Å². The maximum Gasteiger partial charge on any atom is 0.281 e. The minimum Gasteiger partial charge on any atom is -0.281 e. The van der Waals surface area contributed by atoms with E-state index >= 15 is 0 Å². The summed E-state index contributed by atoms with van der Waals surface area (Å²) >= 11 is 2.94. The van der Waals surface area contributed by atoms with Gasteiger partial charge in [-0.2, -0.15) is 0 Å². The third-order valence-electron chi connectivity index (χ3n) is 0. The molecule has 64 valence electrons. The van der Waals surface area contributed by atoms with Gasteiger partial charge in [0, 0.05) is 0 Å². The van der Waals surface area contributed by atoms with E-state index in [1.165, 1.54) is 0 Å². The van der Waals surface area contributed by atoms with Crippen LogP contribution >= 0.6 is 0 Å². The molecule has 0 heterocycles. The summed E-state index contributed by atoms with van der Waals surface area (Å²) in [6.45, 7) is 22.5. The molecule has 0 saturated heterocycles. The van der Waals surface area contributed by atoms with Crippen LogP contribution in [0.25, 0.3) is 0 Å². The van der Waals surface area contributed by atoms with Crippen LogP contribution in [-0.2, 0) is 40.0 Å². The van der Waals surface area contributed by atoms with E-state index in [1.54, 1.807) is 0 Å². The average molecular weight is 210 g/mol. The van der Waals surface area contributed by atoms with Crippen LogP contribution in [0.15, 0.2) is 0 Å². The van der Waals surface area contributed by atoms with Gasteiger partial charge in [-0.1, -0.05) is 0 Å². The molecule has 0 aromatic rings. The first-order chi connectivity index (χ1) is 6.00. The van der Waals surface area contributed by atoms with E-state index in [0.29, 0.717) is 0 Å². The number of carbonyl (C=O) groups excluding carboxylic acids is 5. The summed E-state index contributed by atoms with van der Waals surface area (Å²) in [5.41, 5.74) is 0. The molecular weight excluding hydrogens is 207 g/mol. The number of hydrogen-bond acceptors (Lipinski definition) is 5. The molecule has 0 atom stereocenters. The van der Waals surface area contributed by atoms with Crippen molar-refractivity contribution in [3.05, 3.63) is 0 Å². The maximum absolute atomic E-state index is 7.50. The first-order valence-corrected chi connectivity index (χ1v) is 2.58. The Morgan fingerprint density at radius 2 is 0.500 bits per heavy atom. The molecule has 0 aliphatic rings. The molecule has 0 rings (SSSR count). The Morgan fingerprint density at radius 1 is 0.500 bits per heavy atom. The molecule has 0 bridgehead atoms. The number of rotatable bonds is 0. The van der Waals surface area contributed by atoms with Crippen molar-refractivity contribution in [3.63, 3.8) is 0 Å². The van der Waals surface area contributed by atoms with E-state index in [9.17, 15) is 0 Å². The minimum atomic E-state index is 1.81. The van der Waals surface area contributed by atoms with E-state index < -0.39 is 0 Å². The van der Waals surface area contributed by atoms with Crippen LogP contribution in [0.4, 0.5) is 0 Å². The van der Waals surface area contributed by atoms with E-state index in [4.69, 9.17) is 24.0 Å². The van der Waals surface area contributed by atoms with Gasteiger partial charge < -0.3 is 0 Å². The normalized spacial score (nSPS) is 2.17. The molecule has 0 aliphatic heterocycles. The number of hydrogen-bond donors (Lipinski definition) is 0. The van der Waals surface area contributed by atoms with Crippen LogP contribution < -0.4 is 0 Å². The molecule has 12 heavy (non-hydrogen) atoms. The van der Waals surface area contributed by atoms with Crippen molar-refractivity contribution in [2.24, 2.45) is 0 Å². The summed E-state index contributed by atoms with van der Waals surface area (Å²) in [6.07, 6.45) is 0. The minimum absolute atomic E-state index is 1.81. The van der Waals surface area contributed by atoms with E-state index in [-0.39, 0.29) is 0 Å². The Labute approximate surface area is 80.3 Å². The zero-order valence-corrected chi connectivity index (χ0v) is 7.10. The second-order valence-corrected chi connectivity index (χ2v) is 0. The van der Waals surface area contributed by atoms with Gasteiger partial charge in [0.2, 0.25) is 0 Å². The van der Waals surface area contributed by atoms with Gasteiger partial charge in [0.25, 0.3) is 33.9 Å². The zero-order valence-electron chi connectivity index (χ0n) is 5.92. The topological polar surface area (TPSA) is 85.3 Å². The quantitative estimate of drug-likeness (QED) is 0.459. The van der Waals surface area contributed by atoms with Crippen molar-refractivity contribution >= 4 is 33.9 Å². The van der Waals surface area contributed by atoms with Crippen molar-refractivity contribution in [1.82, 2.24) is 0 Å². The fourth-order valence-electron chi connectivity index (χ4n) is 0. The fourth-order valence-corrected chi connectivity index (χ4v) is 0. The van der Waals surface area contributed by atoms with Gasteiger partial charge >= 0.3 is 21.8 Å². The summed E-state index contributed by atoms with van der Waals surface area (Å²) in [4.78, 5) is 37.5. The first kappa shape index (κ1) is 44.7. The van der Waals surface area contributed by atoms with E-state index in [0.717, 1.165) is 0 Å². The smallest absolute Gasteiger partial charge is 0.281 e. The maximum atomic E-state index is 7.50. The predicted molar refractivity (Wildman–Crippen MR) is 34.3 cm³/mol. The van der Waals surface area contributed by atoms with Crippen LogP contribution in [0, 0.1) is 0 Å². The Morgan fingerprint density at radius 3 is 0.500 bits per heavy atom. The van der Waals surface area contributed by atoms with Crippen LogP contribution in [0.5, 0.6) is 0 Å². The van der Waals surface area contributed by atoms with Gasteiger partial charge in [-0.15, -0.1) is 0 Å². The van der Waals surface area contributed by atoms with Gasteiger partial charge in [-0.3, -0.25) is 24.0 Å². The summed E-state index contributed by atoms with van der Waals surface area (Å²) in [6, 6.07) is 0. The molecule has 6 heteroatoms. The third kappa shape index (κ3) is 430. The molecule has 0 fully saturated rings. The van der Waals surface area contributed by atoms with Gasteiger partial charge in [-0.25, -0.2) is 0 Å².